The fourth-order valence-corrected chi connectivity index (χ4v) is 1.86. The van der Waals surface area contributed by atoms with Crippen LogP contribution >= 0.6 is 0 Å². The summed E-state index contributed by atoms with van der Waals surface area (Å²) in [6.07, 6.45) is 8.93. The van der Waals surface area contributed by atoms with E-state index in [0.29, 0.717) is 12.1 Å². The molecule has 0 bridgehead atoms. The van der Waals surface area contributed by atoms with Crippen LogP contribution in [0.15, 0.2) is 17.0 Å². The van der Waals surface area contributed by atoms with E-state index in [0.717, 1.165) is 12.8 Å². The molecule has 0 radical (unpaired) electrons. The highest BCUT2D eigenvalue weighted by atomic mass is 16.6. The minimum Gasteiger partial charge on any atom is -0.457 e. The molecule has 15 heavy (non-hydrogen) atoms. The summed E-state index contributed by atoms with van der Waals surface area (Å²) in [5, 5.41) is 0. The van der Waals surface area contributed by atoms with E-state index in [1.54, 1.807) is 6.39 Å². The van der Waals surface area contributed by atoms with Gasteiger partial charge in [0.05, 0.1) is 0 Å². The van der Waals surface area contributed by atoms with Gasteiger partial charge < -0.3 is 9.15 Å². The first-order valence-electron chi connectivity index (χ1n) is 5.72. The maximum Gasteiger partial charge on any atom is 0.356 e. The number of hydrogen-bond acceptors (Lipinski definition) is 2. The van der Waals surface area contributed by atoms with E-state index in [4.69, 9.17) is 9.15 Å². The molecule has 0 aliphatic heterocycles. The third-order valence-electron chi connectivity index (χ3n) is 2.89. The van der Waals surface area contributed by atoms with Gasteiger partial charge in [-0.25, -0.2) is 0 Å². The predicted octanol–water partition coefficient (Wildman–Crippen LogP) is 2.64. The molecule has 84 valence electrons. The van der Waals surface area contributed by atoms with Gasteiger partial charge in [0, 0.05) is 20.8 Å². The molecule has 0 saturated heterocycles. The van der Waals surface area contributed by atoms with Crippen molar-refractivity contribution >= 4 is 0 Å². The van der Waals surface area contributed by atoms with Crippen molar-refractivity contribution in [1.29, 1.82) is 0 Å². The molecule has 1 aliphatic rings. The molecule has 3 nitrogen and oxygen atoms in total. The number of nitrogens with zero attached hydrogens (tertiary/aromatic N) is 1. The van der Waals surface area contributed by atoms with Gasteiger partial charge in [0.2, 0.25) is 0 Å². The van der Waals surface area contributed by atoms with Gasteiger partial charge in [0.15, 0.2) is 5.54 Å². The zero-order valence-electron chi connectivity index (χ0n) is 9.82. The first-order chi connectivity index (χ1) is 7.05. The Hall–Kier alpha value is -0.990. The molecule has 0 N–H and O–H groups in total. The first-order valence-corrected chi connectivity index (χ1v) is 5.72. The van der Waals surface area contributed by atoms with Crippen molar-refractivity contribution in [2.24, 2.45) is 0 Å². The van der Waals surface area contributed by atoms with Gasteiger partial charge in [0.1, 0.15) is 6.10 Å². The molecule has 1 aromatic heterocycles. The van der Waals surface area contributed by atoms with Crippen molar-refractivity contribution in [3.05, 3.63) is 12.6 Å². The second-order valence-electron chi connectivity index (χ2n) is 5.27. The number of ether oxygens (including phenoxy) is 1. The average Bonchev–Trinajstić information content (AvgIpc) is 2.73. The highest BCUT2D eigenvalue weighted by Gasteiger charge is 2.26. The Balaban J connectivity index is 2.00. The van der Waals surface area contributed by atoms with Crippen LogP contribution in [0.2, 0.25) is 0 Å². The van der Waals surface area contributed by atoms with Crippen LogP contribution in [0.25, 0.3) is 0 Å². The van der Waals surface area contributed by atoms with Gasteiger partial charge in [0.25, 0.3) is 6.20 Å². The second-order valence-corrected chi connectivity index (χ2v) is 5.27. The van der Waals surface area contributed by atoms with Crippen LogP contribution in [0.1, 0.15) is 46.5 Å². The number of oxazole rings is 1. The zero-order chi connectivity index (χ0) is 10.9. The quantitative estimate of drug-likeness (QED) is 0.701. The van der Waals surface area contributed by atoms with Crippen molar-refractivity contribution in [3.63, 3.8) is 0 Å². The molecular formula is C12H20NO2+. The van der Waals surface area contributed by atoms with Crippen molar-refractivity contribution in [2.75, 3.05) is 0 Å². The zero-order valence-corrected chi connectivity index (χ0v) is 9.82. The summed E-state index contributed by atoms with van der Waals surface area (Å²) in [6.45, 7) is 6.42. The Morgan fingerprint density at radius 1 is 1.33 bits per heavy atom. The molecule has 0 unspecified atom stereocenters. The molecule has 1 aromatic rings. The summed E-state index contributed by atoms with van der Waals surface area (Å²) < 4.78 is 13.2. The van der Waals surface area contributed by atoms with E-state index in [-0.39, 0.29) is 5.54 Å². The van der Waals surface area contributed by atoms with E-state index in [2.05, 4.69) is 20.8 Å². The molecule has 1 saturated carbocycles. The largest absolute Gasteiger partial charge is 0.457 e. The normalized spacial score (nSPS) is 18.3. The molecule has 0 atom stereocenters. The molecule has 3 heteroatoms. The lowest BCUT2D eigenvalue weighted by Crippen LogP contribution is -2.48. The SMILES string of the molecule is CC(C)(C)[n+]1coc(OC2CCCC2)c1. The average molecular weight is 210 g/mol. The smallest absolute Gasteiger partial charge is 0.356 e. The number of hydrogen-bond donors (Lipinski definition) is 0. The summed E-state index contributed by atoms with van der Waals surface area (Å²) in [5.74, 6) is 0.650. The van der Waals surface area contributed by atoms with Gasteiger partial charge in [-0.15, -0.1) is 0 Å². The summed E-state index contributed by atoms with van der Waals surface area (Å²) in [4.78, 5) is 0. The fraction of sp³-hybridized carbons (Fsp3) is 0.750. The number of aromatic nitrogens is 1. The van der Waals surface area contributed by atoms with Crippen LogP contribution in [-0.2, 0) is 5.54 Å². The summed E-state index contributed by atoms with van der Waals surface area (Å²) in [6, 6.07) is 0. The minimum atomic E-state index is 0.0563. The Morgan fingerprint density at radius 3 is 2.53 bits per heavy atom. The van der Waals surface area contributed by atoms with Crippen LogP contribution in [0.4, 0.5) is 0 Å². The maximum atomic E-state index is 5.76. The molecule has 1 aliphatic carbocycles. The molecule has 0 amide bonds. The summed E-state index contributed by atoms with van der Waals surface area (Å²) in [5.41, 5.74) is 0.0563. The molecular weight excluding hydrogens is 190 g/mol. The highest BCUT2D eigenvalue weighted by molar-refractivity contribution is 4.93. The van der Waals surface area contributed by atoms with Crippen molar-refractivity contribution in [1.82, 2.24) is 0 Å². The van der Waals surface area contributed by atoms with E-state index < -0.39 is 0 Å². The Labute approximate surface area is 91.0 Å². The Morgan fingerprint density at radius 2 is 2.00 bits per heavy atom. The lowest BCUT2D eigenvalue weighted by atomic mass is 10.1. The maximum absolute atomic E-state index is 5.76. The van der Waals surface area contributed by atoms with Gasteiger partial charge >= 0.3 is 12.3 Å². The van der Waals surface area contributed by atoms with E-state index in [1.165, 1.54) is 12.8 Å². The van der Waals surface area contributed by atoms with Gasteiger partial charge in [-0.2, -0.15) is 4.57 Å². The first kappa shape index (κ1) is 10.5. The molecule has 2 rings (SSSR count). The van der Waals surface area contributed by atoms with E-state index >= 15 is 0 Å². The molecule has 0 aromatic carbocycles. The topological polar surface area (TPSA) is 26.2 Å². The van der Waals surface area contributed by atoms with Gasteiger partial charge in [-0.3, -0.25) is 0 Å². The van der Waals surface area contributed by atoms with E-state index in [9.17, 15) is 0 Å². The van der Waals surface area contributed by atoms with E-state index in [1.807, 2.05) is 10.8 Å². The van der Waals surface area contributed by atoms with Crippen molar-refractivity contribution in [2.45, 2.75) is 58.1 Å². The van der Waals surface area contributed by atoms with Gasteiger partial charge in [-0.05, 0) is 25.7 Å². The lowest BCUT2D eigenvalue weighted by molar-refractivity contribution is -0.756. The van der Waals surface area contributed by atoms with Crippen LogP contribution in [0.5, 0.6) is 5.95 Å². The Bertz CT molecular complexity index is 319. The molecule has 0 spiro atoms. The Kier molecular flexibility index (Phi) is 2.72. The van der Waals surface area contributed by atoms with Crippen LogP contribution in [0, 0.1) is 0 Å². The van der Waals surface area contributed by atoms with Crippen molar-refractivity contribution < 1.29 is 13.7 Å². The predicted molar refractivity (Wildman–Crippen MR) is 56.8 cm³/mol. The van der Waals surface area contributed by atoms with Crippen LogP contribution < -0.4 is 9.30 Å². The minimum absolute atomic E-state index is 0.0563. The van der Waals surface area contributed by atoms with Crippen LogP contribution in [-0.4, -0.2) is 6.10 Å². The van der Waals surface area contributed by atoms with Gasteiger partial charge in [-0.1, -0.05) is 0 Å². The summed E-state index contributed by atoms with van der Waals surface area (Å²) >= 11 is 0. The highest BCUT2D eigenvalue weighted by Crippen LogP contribution is 2.23. The lowest BCUT2D eigenvalue weighted by Gasteiger charge is -2.09. The molecule has 1 heterocycles. The second kappa shape index (κ2) is 3.87. The third kappa shape index (κ3) is 2.52. The standard InChI is InChI=1S/C12H20NO2/c1-12(2,3)13-8-11(14-9-13)15-10-6-4-5-7-10/h8-10H,4-7H2,1-3H3/q+1. The van der Waals surface area contributed by atoms with Crippen LogP contribution in [0.3, 0.4) is 0 Å². The monoisotopic (exact) mass is 210 g/mol. The molecule has 1 fully saturated rings. The summed E-state index contributed by atoms with van der Waals surface area (Å²) in [7, 11) is 0. The fourth-order valence-electron chi connectivity index (χ4n) is 1.86. The third-order valence-corrected chi connectivity index (χ3v) is 2.89. The number of rotatable bonds is 2. The van der Waals surface area contributed by atoms with Crippen molar-refractivity contribution in [3.8, 4) is 5.95 Å².